The standard InChI is InChI=1S/C25H25F4N5O3/c1-13(16-12-17-21(31-14(2)32-22(17)35)33-20(16)25(27,28)29)30-19-4-3-15(11-18(19)26)23(36)34-8-5-24(6-9-34)7-10-37-24/h3-4,11-13,30H,5-10H2,1-2H3,(H,31,32,33,35)/t13-/m0/s1. The van der Waals surface area contributed by atoms with Crippen LogP contribution in [0.5, 0.6) is 0 Å². The largest absolute Gasteiger partial charge is 0.433 e. The van der Waals surface area contributed by atoms with E-state index in [0.29, 0.717) is 13.1 Å². The number of aromatic nitrogens is 3. The van der Waals surface area contributed by atoms with Crippen LogP contribution in [0.15, 0.2) is 29.1 Å². The highest BCUT2D eigenvalue weighted by atomic mass is 19.4. The van der Waals surface area contributed by atoms with Crippen LogP contribution in [0.1, 0.15) is 59.7 Å². The molecule has 2 N–H and O–H groups in total. The number of nitrogens with one attached hydrogen (secondary N) is 2. The van der Waals surface area contributed by atoms with Crippen molar-refractivity contribution in [2.45, 2.75) is 50.9 Å². The van der Waals surface area contributed by atoms with Gasteiger partial charge >= 0.3 is 6.18 Å². The van der Waals surface area contributed by atoms with E-state index in [1.165, 1.54) is 26.0 Å². The minimum atomic E-state index is -4.83. The van der Waals surface area contributed by atoms with Gasteiger partial charge in [0, 0.05) is 24.2 Å². The number of H-pyrrole nitrogens is 1. The van der Waals surface area contributed by atoms with Crippen LogP contribution >= 0.6 is 0 Å². The molecule has 2 aliphatic heterocycles. The summed E-state index contributed by atoms with van der Waals surface area (Å²) >= 11 is 0. The zero-order chi connectivity index (χ0) is 26.5. The third kappa shape index (κ3) is 4.77. The van der Waals surface area contributed by atoms with E-state index < -0.39 is 29.3 Å². The number of benzene rings is 1. The highest BCUT2D eigenvalue weighted by Gasteiger charge is 2.42. The van der Waals surface area contributed by atoms with Crippen LogP contribution in [0, 0.1) is 12.7 Å². The number of amides is 1. The first-order valence-corrected chi connectivity index (χ1v) is 11.9. The number of hydrogen-bond acceptors (Lipinski definition) is 6. The molecule has 0 unspecified atom stereocenters. The molecule has 12 heteroatoms. The number of halogens is 4. The fourth-order valence-corrected chi connectivity index (χ4v) is 4.91. The Kier molecular flexibility index (Phi) is 6.17. The summed E-state index contributed by atoms with van der Waals surface area (Å²) in [5.74, 6) is -0.965. The topological polar surface area (TPSA) is 100 Å². The lowest BCUT2D eigenvalue weighted by Crippen LogP contribution is -2.53. The normalized spacial score (nSPS) is 18.1. The van der Waals surface area contributed by atoms with Crippen LogP contribution in [-0.2, 0) is 10.9 Å². The number of aryl methyl sites for hydroxylation is 1. The summed E-state index contributed by atoms with van der Waals surface area (Å²) in [5, 5.41) is 2.61. The first-order chi connectivity index (χ1) is 17.5. The SMILES string of the molecule is Cc1nc2nc(C(F)(F)F)c([C@H](C)Nc3ccc(C(=O)N4CCC5(CCO5)CC4)cc3F)cc2c(=O)[nH]1. The van der Waals surface area contributed by atoms with Gasteiger partial charge in [-0.15, -0.1) is 0 Å². The predicted molar refractivity (Wildman–Crippen MR) is 127 cm³/mol. The molecule has 37 heavy (non-hydrogen) atoms. The summed E-state index contributed by atoms with van der Waals surface area (Å²) in [7, 11) is 0. The fourth-order valence-electron chi connectivity index (χ4n) is 4.91. The van der Waals surface area contributed by atoms with Crippen molar-refractivity contribution in [1.82, 2.24) is 19.9 Å². The second-order valence-electron chi connectivity index (χ2n) is 9.58. The maximum atomic E-state index is 15.0. The number of pyridine rings is 1. The minimum Gasteiger partial charge on any atom is -0.376 e. The molecule has 196 valence electrons. The molecule has 0 radical (unpaired) electrons. The Hall–Kier alpha value is -3.54. The number of carbonyl (C=O) groups is 1. The van der Waals surface area contributed by atoms with Crippen molar-refractivity contribution in [3.8, 4) is 0 Å². The summed E-state index contributed by atoms with van der Waals surface area (Å²) < 4.78 is 62.1. The van der Waals surface area contributed by atoms with E-state index in [1.807, 2.05) is 0 Å². The molecule has 5 rings (SSSR count). The second kappa shape index (κ2) is 9.09. The first-order valence-electron chi connectivity index (χ1n) is 11.9. The Balaban J connectivity index is 1.38. The third-order valence-electron chi connectivity index (χ3n) is 7.10. The molecule has 2 aliphatic rings. The van der Waals surface area contributed by atoms with E-state index in [2.05, 4.69) is 20.3 Å². The van der Waals surface area contributed by atoms with Crippen LogP contribution in [0.4, 0.5) is 23.2 Å². The van der Waals surface area contributed by atoms with Gasteiger partial charge in [0.2, 0.25) is 0 Å². The molecule has 8 nitrogen and oxygen atoms in total. The van der Waals surface area contributed by atoms with Crippen molar-refractivity contribution in [1.29, 1.82) is 0 Å². The lowest BCUT2D eigenvalue weighted by atomic mass is 9.84. The van der Waals surface area contributed by atoms with Gasteiger partial charge in [-0.1, -0.05) is 0 Å². The van der Waals surface area contributed by atoms with Gasteiger partial charge in [-0.3, -0.25) is 9.59 Å². The van der Waals surface area contributed by atoms with E-state index in [-0.39, 0.29) is 45.2 Å². The van der Waals surface area contributed by atoms with E-state index >= 15 is 0 Å². The number of alkyl halides is 3. The monoisotopic (exact) mass is 519 g/mol. The Morgan fingerprint density at radius 2 is 1.89 bits per heavy atom. The molecular formula is C25H25F4N5O3. The van der Waals surface area contributed by atoms with Crippen molar-refractivity contribution < 1.29 is 27.1 Å². The Morgan fingerprint density at radius 3 is 2.49 bits per heavy atom. The van der Waals surface area contributed by atoms with Gasteiger partial charge < -0.3 is 19.9 Å². The Morgan fingerprint density at radius 1 is 1.19 bits per heavy atom. The Bertz CT molecular complexity index is 1420. The highest BCUT2D eigenvalue weighted by Crippen LogP contribution is 2.38. The molecule has 3 aromatic rings. The second-order valence-corrected chi connectivity index (χ2v) is 9.58. The molecule has 2 saturated heterocycles. The van der Waals surface area contributed by atoms with Gasteiger partial charge in [0.1, 0.15) is 11.6 Å². The lowest BCUT2D eigenvalue weighted by molar-refractivity contribution is -0.169. The number of aromatic amines is 1. The predicted octanol–water partition coefficient (Wildman–Crippen LogP) is 4.35. The molecule has 2 aromatic heterocycles. The maximum absolute atomic E-state index is 15.0. The quantitative estimate of drug-likeness (QED) is 0.497. The minimum absolute atomic E-state index is 0.0892. The number of carbonyl (C=O) groups excluding carboxylic acids is 1. The van der Waals surface area contributed by atoms with Gasteiger partial charge in [-0.2, -0.15) is 13.2 Å². The molecule has 0 saturated carbocycles. The van der Waals surface area contributed by atoms with Gasteiger partial charge in [0.25, 0.3) is 11.5 Å². The van der Waals surface area contributed by atoms with Gasteiger partial charge in [-0.25, -0.2) is 14.4 Å². The van der Waals surface area contributed by atoms with E-state index in [9.17, 15) is 27.2 Å². The number of anilines is 1. The molecule has 0 bridgehead atoms. The van der Waals surface area contributed by atoms with E-state index in [0.717, 1.165) is 38.0 Å². The zero-order valence-electron chi connectivity index (χ0n) is 20.2. The number of likely N-dealkylation sites (tertiary alicyclic amines) is 1. The fraction of sp³-hybridized carbons (Fsp3) is 0.440. The van der Waals surface area contributed by atoms with Crippen molar-refractivity contribution >= 4 is 22.6 Å². The van der Waals surface area contributed by atoms with E-state index in [4.69, 9.17) is 4.74 Å². The van der Waals surface area contributed by atoms with Crippen LogP contribution in [0.3, 0.4) is 0 Å². The number of piperidine rings is 1. The van der Waals surface area contributed by atoms with Crippen LogP contribution in [0.25, 0.3) is 11.0 Å². The van der Waals surface area contributed by atoms with Gasteiger partial charge in [0.15, 0.2) is 11.3 Å². The molecule has 4 heterocycles. The number of hydrogen-bond donors (Lipinski definition) is 2. The van der Waals surface area contributed by atoms with Crippen LogP contribution in [0.2, 0.25) is 0 Å². The zero-order valence-corrected chi connectivity index (χ0v) is 20.2. The van der Waals surface area contributed by atoms with Crippen molar-refractivity contribution in [3.63, 3.8) is 0 Å². The average Bonchev–Trinajstić information content (AvgIpc) is 2.82. The maximum Gasteiger partial charge on any atom is 0.433 e. The Labute approximate surface area is 209 Å². The molecule has 2 fully saturated rings. The smallest absolute Gasteiger partial charge is 0.376 e. The van der Waals surface area contributed by atoms with E-state index in [1.54, 1.807) is 4.90 Å². The van der Waals surface area contributed by atoms with Gasteiger partial charge in [0.05, 0.1) is 29.3 Å². The number of fused-ring (bicyclic) bond motifs is 1. The summed E-state index contributed by atoms with van der Waals surface area (Å²) in [6.45, 7) is 4.60. The summed E-state index contributed by atoms with van der Waals surface area (Å²) in [6, 6.07) is 3.82. The van der Waals surface area contributed by atoms with Crippen LogP contribution in [-0.4, -0.2) is 51.1 Å². The van der Waals surface area contributed by atoms with Crippen molar-refractivity contribution in [3.05, 3.63) is 63.1 Å². The first kappa shape index (κ1) is 25.1. The summed E-state index contributed by atoms with van der Waals surface area (Å²) in [5.41, 5.74) is -2.58. The van der Waals surface area contributed by atoms with Gasteiger partial charge in [-0.05, 0) is 57.4 Å². The average molecular weight is 519 g/mol. The lowest BCUT2D eigenvalue weighted by Gasteiger charge is -2.47. The van der Waals surface area contributed by atoms with Crippen molar-refractivity contribution in [2.24, 2.45) is 0 Å². The molecule has 1 aromatic carbocycles. The number of nitrogens with zero attached hydrogens (tertiary/aromatic N) is 3. The highest BCUT2D eigenvalue weighted by molar-refractivity contribution is 5.94. The summed E-state index contributed by atoms with van der Waals surface area (Å²) in [6.07, 6.45) is -2.38. The molecule has 0 aliphatic carbocycles. The van der Waals surface area contributed by atoms with Crippen molar-refractivity contribution in [2.75, 3.05) is 25.0 Å². The van der Waals surface area contributed by atoms with Crippen LogP contribution < -0.4 is 10.9 Å². The number of ether oxygens (including phenoxy) is 1. The molecule has 1 atom stereocenters. The molecule has 1 spiro atoms. The summed E-state index contributed by atoms with van der Waals surface area (Å²) in [4.78, 5) is 36.8. The molecule has 1 amide bonds. The number of rotatable bonds is 4. The third-order valence-corrected chi connectivity index (χ3v) is 7.10. The molecular weight excluding hydrogens is 494 g/mol.